The normalized spacial score (nSPS) is 17.3. The monoisotopic (exact) mass is 457 g/mol. The molecule has 3 N–H and O–H groups in total. The number of imidazole rings is 1. The van der Waals surface area contributed by atoms with Crippen LogP contribution in [0.1, 0.15) is 35.8 Å². The zero-order chi connectivity index (χ0) is 23.5. The molecule has 34 heavy (non-hydrogen) atoms. The molecule has 8 nitrogen and oxygen atoms in total. The highest BCUT2D eigenvalue weighted by molar-refractivity contribution is 5.76. The Labute approximate surface area is 196 Å². The van der Waals surface area contributed by atoms with Crippen LogP contribution in [0.3, 0.4) is 0 Å². The van der Waals surface area contributed by atoms with E-state index < -0.39 is 0 Å². The molecule has 0 saturated heterocycles. The van der Waals surface area contributed by atoms with Crippen LogP contribution in [0.5, 0.6) is 0 Å². The Kier molecular flexibility index (Phi) is 6.06. The van der Waals surface area contributed by atoms with Crippen molar-refractivity contribution in [2.45, 2.75) is 38.0 Å². The van der Waals surface area contributed by atoms with Crippen LogP contribution < -0.4 is 11.1 Å². The number of benzene rings is 2. The smallest absolute Gasteiger partial charge is 0.149 e. The molecule has 0 aliphatic heterocycles. The molecule has 4 aromatic rings. The largest absolute Gasteiger partial charge is 0.382 e. The van der Waals surface area contributed by atoms with E-state index in [4.69, 9.17) is 15.5 Å². The van der Waals surface area contributed by atoms with Gasteiger partial charge in [0.2, 0.25) is 0 Å². The lowest BCUT2D eigenvalue weighted by molar-refractivity contribution is -0.0353. The summed E-state index contributed by atoms with van der Waals surface area (Å²) in [6, 6.07) is 17.0. The highest BCUT2D eigenvalue weighted by Gasteiger charge is 2.33. The van der Waals surface area contributed by atoms with Gasteiger partial charge in [-0.25, -0.2) is 19.3 Å². The molecule has 9 heteroatoms. The molecule has 0 atom stereocenters. The van der Waals surface area contributed by atoms with E-state index in [0.717, 1.165) is 35.3 Å². The van der Waals surface area contributed by atoms with Crippen LogP contribution in [-0.4, -0.2) is 32.2 Å². The second-order valence-corrected chi connectivity index (χ2v) is 8.35. The number of nitrogens with two attached hydrogens (primary N) is 1. The summed E-state index contributed by atoms with van der Waals surface area (Å²) in [4.78, 5) is 12.7. The maximum Gasteiger partial charge on any atom is 0.149 e. The van der Waals surface area contributed by atoms with Gasteiger partial charge in [-0.15, -0.1) is 0 Å². The SMILES string of the molecule is N#Cc1c(N)ncnc1NCCc1nc2ccc(F)cc2n1C1CC(OCc2ccccc2)C1. The predicted octanol–water partition coefficient (Wildman–Crippen LogP) is 3.99. The lowest BCUT2D eigenvalue weighted by Gasteiger charge is -2.37. The number of nitriles is 1. The minimum atomic E-state index is -0.287. The van der Waals surface area contributed by atoms with Gasteiger partial charge in [0, 0.05) is 19.0 Å². The summed E-state index contributed by atoms with van der Waals surface area (Å²) in [7, 11) is 0. The van der Waals surface area contributed by atoms with Gasteiger partial charge >= 0.3 is 0 Å². The van der Waals surface area contributed by atoms with Crippen molar-refractivity contribution in [2.24, 2.45) is 0 Å². The van der Waals surface area contributed by atoms with E-state index in [2.05, 4.69) is 32.0 Å². The minimum absolute atomic E-state index is 0.138. The molecule has 172 valence electrons. The molecule has 0 bridgehead atoms. The Hall–Kier alpha value is -4.03. The van der Waals surface area contributed by atoms with Crippen molar-refractivity contribution < 1.29 is 9.13 Å². The number of nitrogens with zero attached hydrogens (tertiary/aromatic N) is 5. The molecule has 5 rings (SSSR count). The average Bonchev–Trinajstić information content (AvgIpc) is 3.16. The van der Waals surface area contributed by atoms with Crippen molar-refractivity contribution in [2.75, 3.05) is 17.6 Å². The second kappa shape index (κ2) is 9.45. The first-order valence-electron chi connectivity index (χ1n) is 11.2. The van der Waals surface area contributed by atoms with E-state index in [1.165, 1.54) is 18.5 Å². The minimum Gasteiger partial charge on any atom is -0.382 e. The number of fused-ring (bicyclic) bond motifs is 1. The molecule has 0 spiro atoms. The van der Waals surface area contributed by atoms with E-state index in [-0.39, 0.29) is 29.3 Å². The number of hydrogen-bond donors (Lipinski definition) is 2. The first-order chi connectivity index (χ1) is 16.6. The van der Waals surface area contributed by atoms with Crippen molar-refractivity contribution >= 4 is 22.7 Å². The Balaban J connectivity index is 1.29. The van der Waals surface area contributed by atoms with Gasteiger partial charge in [0.05, 0.1) is 23.7 Å². The lowest BCUT2D eigenvalue weighted by Crippen LogP contribution is -2.34. The molecule has 1 aliphatic carbocycles. The van der Waals surface area contributed by atoms with Gasteiger partial charge in [-0.05, 0) is 36.6 Å². The Morgan fingerprint density at radius 1 is 1.18 bits per heavy atom. The lowest BCUT2D eigenvalue weighted by atomic mass is 9.88. The number of nitrogens with one attached hydrogen (secondary N) is 1. The highest BCUT2D eigenvalue weighted by Crippen LogP contribution is 2.38. The van der Waals surface area contributed by atoms with E-state index in [0.29, 0.717) is 25.4 Å². The van der Waals surface area contributed by atoms with Gasteiger partial charge in [0.25, 0.3) is 0 Å². The van der Waals surface area contributed by atoms with Gasteiger partial charge in [0.15, 0.2) is 0 Å². The topological polar surface area (TPSA) is 115 Å². The van der Waals surface area contributed by atoms with Crippen molar-refractivity contribution in [3.63, 3.8) is 0 Å². The fraction of sp³-hybridized carbons (Fsp3) is 0.280. The molecule has 1 saturated carbocycles. The molecular weight excluding hydrogens is 433 g/mol. The van der Waals surface area contributed by atoms with E-state index in [1.807, 2.05) is 24.3 Å². The Morgan fingerprint density at radius 2 is 2.00 bits per heavy atom. The fourth-order valence-electron chi connectivity index (χ4n) is 4.31. The number of hydrogen-bond acceptors (Lipinski definition) is 7. The van der Waals surface area contributed by atoms with Gasteiger partial charge in [-0.2, -0.15) is 5.26 Å². The Morgan fingerprint density at radius 3 is 2.79 bits per heavy atom. The quantitative estimate of drug-likeness (QED) is 0.411. The molecule has 2 aromatic carbocycles. The Bertz CT molecular complexity index is 1340. The fourth-order valence-corrected chi connectivity index (χ4v) is 4.31. The zero-order valence-corrected chi connectivity index (χ0v) is 18.5. The third-order valence-electron chi connectivity index (χ3n) is 6.12. The van der Waals surface area contributed by atoms with Crippen LogP contribution >= 0.6 is 0 Å². The molecule has 0 unspecified atom stereocenters. The number of rotatable bonds is 8. The third-order valence-corrected chi connectivity index (χ3v) is 6.12. The van der Waals surface area contributed by atoms with E-state index in [9.17, 15) is 9.65 Å². The van der Waals surface area contributed by atoms with Crippen LogP contribution in [0, 0.1) is 17.1 Å². The summed E-state index contributed by atoms with van der Waals surface area (Å²) in [5.41, 5.74) is 8.67. The molecule has 1 fully saturated rings. The van der Waals surface area contributed by atoms with Crippen LogP contribution in [0.2, 0.25) is 0 Å². The number of aromatic nitrogens is 4. The molecule has 0 amide bonds. The standard InChI is InChI=1S/C25H24FN7O/c26-17-6-7-21-22(10-17)33(18-11-19(12-18)34-14-16-4-2-1-3-5-16)23(32-21)8-9-29-25-20(13-27)24(28)30-15-31-25/h1-7,10,15,18-19H,8-9,11-12,14H2,(H3,28,29,30,31). The third kappa shape index (κ3) is 4.40. The maximum atomic E-state index is 14.1. The first kappa shape index (κ1) is 21.8. The predicted molar refractivity (Wildman–Crippen MR) is 126 cm³/mol. The average molecular weight is 458 g/mol. The van der Waals surface area contributed by atoms with Crippen molar-refractivity contribution in [1.29, 1.82) is 5.26 Å². The molecular formula is C25H24FN7O. The van der Waals surface area contributed by atoms with Crippen molar-refractivity contribution in [3.05, 3.63) is 77.6 Å². The van der Waals surface area contributed by atoms with Gasteiger partial charge in [0.1, 0.15) is 41.2 Å². The summed E-state index contributed by atoms with van der Waals surface area (Å²) in [5.74, 6) is 1.09. The molecule has 2 heterocycles. The number of nitrogen functional groups attached to an aromatic ring is 1. The van der Waals surface area contributed by atoms with Crippen LogP contribution in [0.4, 0.5) is 16.0 Å². The van der Waals surface area contributed by atoms with Crippen LogP contribution in [-0.2, 0) is 17.8 Å². The highest BCUT2D eigenvalue weighted by atomic mass is 19.1. The van der Waals surface area contributed by atoms with Gasteiger partial charge in [-0.1, -0.05) is 30.3 Å². The second-order valence-electron chi connectivity index (χ2n) is 8.35. The van der Waals surface area contributed by atoms with Gasteiger partial charge < -0.3 is 20.4 Å². The number of anilines is 2. The zero-order valence-electron chi connectivity index (χ0n) is 18.5. The summed E-state index contributed by atoms with van der Waals surface area (Å²) in [6.07, 6.45) is 3.73. The van der Waals surface area contributed by atoms with Gasteiger partial charge in [-0.3, -0.25) is 0 Å². The van der Waals surface area contributed by atoms with E-state index >= 15 is 0 Å². The van der Waals surface area contributed by atoms with Crippen LogP contribution in [0.25, 0.3) is 11.0 Å². The number of ether oxygens (including phenoxy) is 1. The summed E-state index contributed by atoms with van der Waals surface area (Å²) < 4.78 is 22.3. The molecule has 2 aromatic heterocycles. The summed E-state index contributed by atoms with van der Waals surface area (Å²) >= 11 is 0. The number of halogens is 1. The molecule has 0 radical (unpaired) electrons. The molecule has 1 aliphatic rings. The first-order valence-corrected chi connectivity index (χ1v) is 11.2. The summed E-state index contributed by atoms with van der Waals surface area (Å²) in [5, 5.41) is 12.5. The van der Waals surface area contributed by atoms with Crippen LogP contribution in [0.15, 0.2) is 54.9 Å². The summed E-state index contributed by atoms with van der Waals surface area (Å²) in [6.45, 7) is 1.06. The van der Waals surface area contributed by atoms with E-state index in [1.54, 1.807) is 6.07 Å². The van der Waals surface area contributed by atoms with Crippen molar-refractivity contribution in [3.8, 4) is 6.07 Å². The maximum absolute atomic E-state index is 14.1. The van der Waals surface area contributed by atoms with Crippen molar-refractivity contribution in [1.82, 2.24) is 19.5 Å².